The number of nitrogens with one attached hydrogen (secondary N) is 1. The van der Waals surface area contributed by atoms with Crippen LogP contribution in [0, 0.1) is 12.3 Å². The highest BCUT2D eigenvalue weighted by Gasteiger charge is 2.20. The number of H-pyrrole nitrogens is 1. The molecule has 7 aromatic rings. The molecular formula is C70H77N3O4. The van der Waals surface area contributed by atoms with Gasteiger partial charge in [-0.05, 0) is 139 Å². The van der Waals surface area contributed by atoms with Gasteiger partial charge < -0.3 is 23.6 Å². The first-order valence-electron chi connectivity index (χ1n) is 28.9. The summed E-state index contributed by atoms with van der Waals surface area (Å²) in [5.74, 6) is 5.35. The number of furan rings is 1. The number of hydrogen-bond acceptors (Lipinski definition) is 6. The van der Waals surface area contributed by atoms with Crippen LogP contribution in [-0.4, -0.2) is 34.8 Å². The van der Waals surface area contributed by atoms with Crippen molar-refractivity contribution in [1.82, 2.24) is 15.0 Å². The van der Waals surface area contributed by atoms with E-state index in [4.69, 9.17) is 35.0 Å². The SMILES string of the molecule is C#Cc1ccc(-c2c3nc(c(-c4ccc(OCCCCCCCC)cc4)c4ccc([nH]4)c(-c4ccc(OCCCCCCCC)cc4)c4nc(c(-c5ccc(OCCCCCCCC)cc5)c5ccc2o5)C=C4)C=C3)cc1. The largest absolute Gasteiger partial charge is 0.494 e. The van der Waals surface area contributed by atoms with Crippen LogP contribution in [0.5, 0.6) is 17.2 Å². The number of ether oxygens (including phenoxy) is 3. The number of rotatable bonds is 28. The Morgan fingerprint density at radius 1 is 0.377 bits per heavy atom. The van der Waals surface area contributed by atoms with Crippen LogP contribution in [0.15, 0.2) is 126 Å². The minimum Gasteiger partial charge on any atom is -0.494 e. The molecule has 0 amide bonds. The van der Waals surface area contributed by atoms with E-state index in [9.17, 15) is 0 Å². The number of aromatic nitrogens is 3. The molecule has 3 aromatic heterocycles. The molecule has 2 aliphatic rings. The number of hydrogen-bond donors (Lipinski definition) is 1. The normalized spacial score (nSPS) is 11.8. The van der Waals surface area contributed by atoms with Crippen molar-refractivity contribution in [1.29, 1.82) is 0 Å². The van der Waals surface area contributed by atoms with Crippen LogP contribution in [-0.2, 0) is 0 Å². The van der Waals surface area contributed by atoms with Gasteiger partial charge in [0.2, 0.25) is 0 Å². The summed E-state index contributed by atoms with van der Waals surface area (Å²) in [5, 5.41) is 0. The van der Waals surface area contributed by atoms with Crippen LogP contribution in [0.2, 0.25) is 0 Å². The van der Waals surface area contributed by atoms with Crippen LogP contribution in [0.3, 0.4) is 0 Å². The molecule has 4 aromatic carbocycles. The Balaban J connectivity index is 1.18. The van der Waals surface area contributed by atoms with Gasteiger partial charge in [0.1, 0.15) is 28.4 Å². The van der Waals surface area contributed by atoms with Gasteiger partial charge in [-0.1, -0.05) is 172 Å². The molecule has 396 valence electrons. The highest BCUT2D eigenvalue weighted by atomic mass is 16.5. The van der Waals surface area contributed by atoms with Crippen LogP contribution < -0.4 is 14.2 Å². The van der Waals surface area contributed by atoms with E-state index in [1.165, 1.54) is 96.3 Å². The van der Waals surface area contributed by atoms with Gasteiger partial charge in [-0.15, -0.1) is 6.42 Å². The van der Waals surface area contributed by atoms with Gasteiger partial charge in [0.15, 0.2) is 0 Å². The van der Waals surface area contributed by atoms with E-state index in [1.54, 1.807) is 0 Å². The Morgan fingerprint density at radius 3 is 1.04 bits per heavy atom. The van der Waals surface area contributed by atoms with Gasteiger partial charge in [-0.25, -0.2) is 9.97 Å². The third kappa shape index (κ3) is 14.3. The zero-order valence-corrected chi connectivity index (χ0v) is 45.8. The summed E-state index contributed by atoms with van der Waals surface area (Å²) >= 11 is 0. The molecule has 0 unspecified atom stereocenters. The lowest BCUT2D eigenvalue weighted by molar-refractivity contribution is 0.304. The number of terminal acetylenes is 1. The molecule has 5 heterocycles. The topological polar surface area (TPSA) is 82.4 Å². The van der Waals surface area contributed by atoms with Crippen molar-refractivity contribution in [3.63, 3.8) is 0 Å². The third-order valence-corrected chi connectivity index (χ3v) is 14.7. The first-order chi connectivity index (χ1) is 38.0. The van der Waals surface area contributed by atoms with E-state index < -0.39 is 0 Å². The Morgan fingerprint density at radius 2 is 0.688 bits per heavy atom. The molecular weight excluding hydrogens is 947 g/mol. The quantitative estimate of drug-likeness (QED) is 0.0389. The Hall–Kier alpha value is -7.56. The van der Waals surface area contributed by atoms with Gasteiger partial charge in [0, 0.05) is 27.7 Å². The average Bonchev–Trinajstić information content (AvgIpc) is 4.38. The van der Waals surface area contributed by atoms with E-state index in [1.807, 2.05) is 18.2 Å². The number of aromatic amines is 1. The minimum absolute atomic E-state index is 0.676. The predicted molar refractivity (Wildman–Crippen MR) is 323 cm³/mol. The van der Waals surface area contributed by atoms with Crippen molar-refractivity contribution in [2.24, 2.45) is 0 Å². The van der Waals surface area contributed by atoms with Crippen molar-refractivity contribution in [2.45, 2.75) is 136 Å². The lowest BCUT2D eigenvalue weighted by atomic mass is 10.0. The maximum Gasteiger partial charge on any atom is 0.137 e. The minimum atomic E-state index is 0.676. The van der Waals surface area contributed by atoms with E-state index in [-0.39, 0.29) is 0 Å². The first kappa shape index (κ1) is 54.2. The molecule has 0 radical (unpaired) electrons. The summed E-state index contributed by atoms with van der Waals surface area (Å²) in [6.45, 7) is 8.87. The lowest BCUT2D eigenvalue weighted by Gasteiger charge is -2.10. The summed E-state index contributed by atoms with van der Waals surface area (Å²) < 4.78 is 25.9. The maximum atomic E-state index is 7.09. The molecule has 0 aliphatic carbocycles. The molecule has 0 atom stereocenters. The van der Waals surface area contributed by atoms with Crippen LogP contribution >= 0.6 is 0 Å². The first-order valence-corrected chi connectivity index (χ1v) is 28.9. The van der Waals surface area contributed by atoms with Crippen LogP contribution in [0.4, 0.5) is 0 Å². The molecule has 1 N–H and O–H groups in total. The van der Waals surface area contributed by atoms with Gasteiger partial charge in [-0.2, -0.15) is 0 Å². The monoisotopic (exact) mass is 1020 g/mol. The Labute approximate surface area is 457 Å². The van der Waals surface area contributed by atoms with Crippen molar-refractivity contribution >= 4 is 46.5 Å². The number of benzene rings is 4. The summed E-state index contributed by atoms with van der Waals surface area (Å²) in [6, 6.07) is 41.8. The highest BCUT2D eigenvalue weighted by molar-refractivity contribution is 5.99. The van der Waals surface area contributed by atoms with Crippen LogP contribution in [0.25, 0.3) is 91.0 Å². The van der Waals surface area contributed by atoms with Crippen LogP contribution in [0.1, 0.15) is 165 Å². The predicted octanol–water partition coefficient (Wildman–Crippen LogP) is 19.8. The second-order valence-corrected chi connectivity index (χ2v) is 20.5. The van der Waals surface area contributed by atoms with E-state index >= 15 is 0 Å². The molecule has 8 bridgehead atoms. The molecule has 77 heavy (non-hydrogen) atoms. The summed E-state index contributed by atoms with van der Waals surface area (Å²) in [5.41, 5.74) is 14.8. The third-order valence-electron chi connectivity index (χ3n) is 14.7. The Kier molecular flexibility index (Phi) is 19.7. The molecule has 7 nitrogen and oxygen atoms in total. The van der Waals surface area contributed by atoms with Gasteiger partial charge in [-0.3, -0.25) is 0 Å². The molecule has 0 fully saturated rings. The van der Waals surface area contributed by atoms with E-state index in [0.717, 1.165) is 120 Å². The zero-order valence-electron chi connectivity index (χ0n) is 45.8. The van der Waals surface area contributed by atoms with Gasteiger partial charge in [0.25, 0.3) is 0 Å². The summed E-state index contributed by atoms with van der Waals surface area (Å²) in [7, 11) is 0. The fourth-order valence-corrected chi connectivity index (χ4v) is 10.4. The van der Waals surface area contributed by atoms with Crippen molar-refractivity contribution < 1.29 is 18.6 Å². The maximum absolute atomic E-state index is 7.09. The fraction of sp³-hybridized carbons (Fsp3) is 0.343. The van der Waals surface area contributed by atoms with Crippen molar-refractivity contribution in [2.75, 3.05) is 19.8 Å². The number of unbranched alkanes of at least 4 members (excludes halogenated alkanes) is 15. The standard InChI is InChI=1S/C70H77N3O4/c1-5-9-12-15-18-21-48-74-56-34-28-52(29-35-56)67-59-40-41-60(71-59)68(53-30-36-57(37-31-53)75-49-22-19-16-13-10-6-2)62-43-45-64(73-62)70(55-32-38-58(39-33-55)76-50-23-20-17-14-11-7-3)66-47-46-65(77-66)69(63-44-42-61(67)72-63)54-26-24-51(8-4)25-27-54/h4,24-47,71H,5-7,9-23,48-50H2,1-3H3. The average molecular weight is 1020 g/mol. The second-order valence-electron chi connectivity index (χ2n) is 20.5. The van der Waals surface area contributed by atoms with Crippen molar-refractivity contribution in [3.8, 4) is 74.1 Å². The van der Waals surface area contributed by atoms with E-state index in [2.05, 4.69) is 159 Å². The highest BCUT2D eigenvalue weighted by Crippen LogP contribution is 2.40. The number of nitrogens with zero attached hydrogens (tertiary/aromatic N) is 2. The molecule has 0 saturated carbocycles. The summed E-state index contributed by atoms with van der Waals surface area (Å²) in [6.07, 6.45) is 36.2. The van der Waals surface area contributed by atoms with E-state index in [0.29, 0.717) is 31.0 Å². The molecule has 9 rings (SSSR count). The second kappa shape index (κ2) is 28.0. The molecule has 2 aliphatic heterocycles. The number of fused-ring (bicyclic) bond motifs is 8. The van der Waals surface area contributed by atoms with Crippen molar-refractivity contribution in [3.05, 3.63) is 150 Å². The molecule has 7 heteroatoms. The Bertz CT molecular complexity index is 3220. The molecule has 0 spiro atoms. The van der Waals surface area contributed by atoms with Gasteiger partial charge in [0.05, 0.1) is 53.7 Å². The summed E-state index contributed by atoms with van der Waals surface area (Å²) in [4.78, 5) is 14.9. The smallest absolute Gasteiger partial charge is 0.137 e. The molecule has 0 saturated heterocycles. The lowest BCUT2D eigenvalue weighted by Crippen LogP contribution is -1.97. The zero-order chi connectivity index (χ0) is 53.0. The van der Waals surface area contributed by atoms with Gasteiger partial charge >= 0.3 is 0 Å². The fourth-order valence-electron chi connectivity index (χ4n) is 10.4.